The van der Waals surface area contributed by atoms with Gasteiger partial charge in [-0.05, 0) is 12.1 Å². The lowest BCUT2D eigenvalue weighted by atomic mass is 10.1. The molecule has 9 nitrogen and oxygen atoms in total. The Morgan fingerprint density at radius 3 is 2.15 bits per heavy atom. The number of nitro groups is 2. The first kappa shape index (κ1) is 18.0. The van der Waals surface area contributed by atoms with Gasteiger partial charge in [0.1, 0.15) is 5.52 Å². The predicted molar refractivity (Wildman–Crippen MR) is 97.3 cm³/mol. The molecule has 3 aromatic rings. The molecule has 132 valence electrons. The van der Waals surface area contributed by atoms with Crippen LogP contribution in [-0.4, -0.2) is 20.7 Å². The van der Waals surface area contributed by atoms with Crippen LogP contribution in [0.2, 0.25) is 10.0 Å². The number of amides is 1. The normalized spacial score (nSPS) is 10.7. The molecule has 12 heteroatoms. The number of nitrogens with one attached hydrogen (secondary N) is 1. The first-order valence-electron chi connectivity index (χ1n) is 6.76. The molecule has 0 aliphatic rings. The number of nitrogens with zero attached hydrogens (tertiary/aromatic N) is 3. The number of aromatic nitrogens is 1. The van der Waals surface area contributed by atoms with E-state index in [-0.39, 0.29) is 10.7 Å². The van der Waals surface area contributed by atoms with Crippen molar-refractivity contribution < 1.29 is 14.6 Å². The molecule has 0 saturated heterocycles. The molecule has 1 amide bonds. The second kappa shape index (κ2) is 6.83. The maximum Gasteiger partial charge on any atom is 0.277 e. The fraction of sp³-hybridized carbons (Fsp3) is 0. The van der Waals surface area contributed by atoms with Gasteiger partial charge in [0.15, 0.2) is 5.13 Å². The van der Waals surface area contributed by atoms with Crippen LogP contribution in [0.25, 0.3) is 10.2 Å². The standard InChI is InChI=1S/C14H6Cl2N4O5S/c15-9-1-2-10(16)12-11(9)17-14(26-12)18-13(21)6-3-7(19(22)23)5-8(4-6)20(24)25/h1-5H,(H,17,18,21). The van der Waals surface area contributed by atoms with Gasteiger partial charge in [0.2, 0.25) is 0 Å². The Morgan fingerprint density at radius 2 is 1.62 bits per heavy atom. The molecule has 26 heavy (non-hydrogen) atoms. The van der Waals surface area contributed by atoms with Crippen LogP contribution in [0.5, 0.6) is 0 Å². The number of hydrogen-bond acceptors (Lipinski definition) is 7. The molecule has 3 rings (SSSR count). The third-order valence-corrected chi connectivity index (χ3v) is 4.99. The van der Waals surface area contributed by atoms with Crippen molar-refractivity contribution in [2.75, 3.05) is 5.32 Å². The van der Waals surface area contributed by atoms with Gasteiger partial charge < -0.3 is 0 Å². The van der Waals surface area contributed by atoms with E-state index in [0.29, 0.717) is 20.3 Å². The molecule has 0 fully saturated rings. The summed E-state index contributed by atoms with van der Waals surface area (Å²) in [5.74, 6) is -0.789. The maximum atomic E-state index is 12.4. The number of hydrogen-bond donors (Lipinski definition) is 1. The monoisotopic (exact) mass is 412 g/mol. The molecule has 0 aliphatic heterocycles. The van der Waals surface area contributed by atoms with Crippen molar-refractivity contribution in [3.63, 3.8) is 0 Å². The molecule has 1 aromatic heterocycles. The molecule has 0 aliphatic carbocycles. The van der Waals surface area contributed by atoms with E-state index in [1.54, 1.807) is 12.1 Å². The van der Waals surface area contributed by atoms with Crippen LogP contribution >= 0.6 is 34.5 Å². The summed E-state index contributed by atoms with van der Waals surface area (Å²) >= 11 is 13.1. The summed E-state index contributed by atoms with van der Waals surface area (Å²) in [4.78, 5) is 36.7. The number of anilines is 1. The second-order valence-electron chi connectivity index (χ2n) is 4.93. The van der Waals surface area contributed by atoms with E-state index in [4.69, 9.17) is 23.2 Å². The number of nitro benzene ring substituents is 2. The highest BCUT2D eigenvalue weighted by atomic mass is 35.5. The summed E-state index contributed by atoms with van der Waals surface area (Å²) in [6.07, 6.45) is 0. The van der Waals surface area contributed by atoms with Crippen LogP contribution in [0.3, 0.4) is 0 Å². The summed E-state index contributed by atoms with van der Waals surface area (Å²) in [6, 6.07) is 5.79. The molecule has 0 unspecified atom stereocenters. The van der Waals surface area contributed by atoms with E-state index in [1.165, 1.54) is 0 Å². The zero-order chi connectivity index (χ0) is 19.0. The molecular formula is C14H6Cl2N4O5S. The zero-order valence-electron chi connectivity index (χ0n) is 12.4. The summed E-state index contributed by atoms with van der Waals surface area (Å²) in [5, 5.41) is 25.2. The topological polar surface area (TPSA) is 128 Å². The Balaban J connectivity index is 1.98. The smallest absolute Gasteiger partial charge is 0.277 e. The number of non-ortho nitro benzene ring substituents is 2. The minimum Gasteiger partial charge on any atom is -0.298 e. The van der Waals surface area contributed by atoms with Crippen LogP contribution in [0.15, 0.2) is 30.3 Å². The van der Waals surface area contributed by atoms with E-state index >= 15 is 0 Å². The highest BCUT2D eigenvalue weighted by molar-refractivity contribution is 7.23. The Kier molecular flexibility index (Phi) is 4.72. The highest BCUT2D eigenvalue weighted by Crippen LogP contribution is 2.36. The number of fused-ring (bicyclic) bond motifs is 1. The van der Waals surface area contributed by atoms with Gasteiger partial charge >= 0.3 is 0 Å². The molecule has 0 atom stereocenters. The van der Waals surface area contributed by atoms with Gasteiger partial charge in [0, 0.05) is 12.1 Å². The van der Waals surface area contributed by atoms with Gasteiger partial charge in [0.05, 0.1) is 36.2 Å². The zero-order valence-corrected chi connectivity index (χ0v) is 14.8. The van der Waals surface area contributed by atoms with Crippen molar-refractivity contribution in [2.24, 2.45) is 0 Å². The Labute approximate surface area is 158 Å². The summed E-state index contributed by atoms with van der Waals surface area (Å²) < 4.78 is 0.555. The van der Waals surface area contributed by atoms with Crippen molar-refractivity contribution in [1.29, 1.82) is 0 Å². The summed E-state index contributed by atoms with van der Waals surface area (Å²) in [7, 11) is 0. The van der Waals surface area contributed by atoms with Gasteiger partial charge in [-0.2, -0.15) is 0 Å². The van der Waals surface area contributed by atoms with Crippen molar-refractivity contribution in [1.82, 2.24) is 4.98 Å². The Hall–Kier alpha value is -2.82. The average Bonchev–Trinajstić information content (AvgIpc) is 3.02. The lowest BCUT2D eigenvalue weighted by molar-refractivity contribution is -0.394. The van der Waals surface area contributed by atoms with Crippen LogP contribution in [0.4, 0.5) is 16.5 Å². The second-order valence-corrected chi connectivity index (χ2v) is 6.75. The number of rotatable bonds is 4. The lowest BCUT2D eigenvalue weighted by Crippen LogP contribution is -2.12. The van der Waals surface area contributed by atoms with E-state index < -0.39 is 27.1 Å². The molecule has 0 saturated carbocycles. The third kappa shape index (κ3) is 3.43. The number of carbonyl (C=O) groups is 1. The fourth-order valence-electron chi connectivity index (χ4n) is 2.10. The van der Waals surface area contributed by atoms with E-state index in [1.807, 2.05) is 0 Å². The number of carbonyl (C=O) groups excluding carboxylic acids is 1. The SMILES string of the molecule is O=C(Nc1nc2c(Cl)ccc(Cl)c2s1)c1cc([N+](=O)[O-])cc([N+](=O)[O-])c1. The molecule has 2 aromatic carbocycles. The van der Waals surface area contributed by atoms with E-state index in [2.05, 4.69) is 10.3 Å². The molecule has 0 bridgehead atoms. The fourth-order valence-corrected chi connectivity index (χ4v) is 3.52. The maximum absolute atomic E-state index is 12.4. The van der Waals surface area contributed by atoms with Crippen molar-refractivity contribution in [3.05, 3.63) is 66.2 Å². The quantitative estimate of drug-likeness (QED) is 0.489. The van der Waals surface area contributed by atoms with Gasteiger partial charge in [-0.3, -0.25) is 30.3 Å². The van der Waals surface area contributed by atoms with Gasteiger partial charge in [-0.25, -0.2) is 4.98 Å². The van der Waals surface area contributed by atoms with Crippen LogP contribution < -0.4 is 5.32 Å². The Bertz CT molecular complexity index is 1010. The van der Waals surface area contributed by atoms with Crippen LogP contribution in [0, 0.1) is 20.2 Å². The molecule has 1 N–H and O–H groups in total. The van der Waals surface area contributed by atoms with Gasteiger partial charge in [-0.15, -0.1) is 0 Å². The highest BCUT2D eigenvalue weighted by Gasteiger charge is 2.21. The molecule has 0 radical (unpaired) electrons. The van der Waals surface area contributed by atoms with Gasteiger partial charge in [0.25, 0.3) is 17.3 Å². The number of thiazole rings is 1. The van der Waals surface area contributed by atoms with E-state index in [0.717, 1.165) is 29.5 Å². The minimum atomic E-state index is -0.818. The van der Waals surface area contributed by atoms with Crippen molar-refractivity contribution in [3.8, 4) is 0 Å². The largest absolute Gasteiger partial charge is 0.298 e. The minimum absolute atomic E-state index is 0.147. The van der Waals surface area contributed by atoms with Crippen LogP contribution in [-0.2, 0) is 0 Å². The number of benzene rings is 2. The van der Waals surface area contributed by atoms with Crippen molar-refractivity contribution >= 4 is 67.2 Å². The average molecular weight is 413 g/mol. The Morgan fingerprint density at radius 1 is 1.04 bits per heavy atom. The lowest BCUT2D eigenvalue weighted by Gasteiger charge is -2.02. The van der Waals surface area contributed by atoms with Crippen LogP contribution in [0.1, 0.15) is 10.4 Å². The van der Waals surface area contributed by atoms with Crippen molar-refractivity contribution in [2.45, 2.75) is 0 Å². The first-order valence-corrected chi connectivity index (χ1v) is 8.33. The third-order valence-electron chi connectivity index (χ3n) is 3.25. The van der Waals surface area contributed by atoms with Gasteiger partial charge in [-0.1, -0.05) is 34.5 Å². The molecular weight excluding hydrogens is 407 g/mol. The summed E-state index contributed by atoms with van der Waals surface area (Å²) in [6.45, 7) is 0. The number of halogens is 2. The predicted octanol–water partition coefficient (Wildman–Crippen LogP) is 4.67. The first-order chi connectivity index (χ1) is 12.3. The van der Waals surface area contributed by atoms with E-state index in [9.17, 15) is 25.0 Å². The summed E-state index contributed by atoms with van der Waals surface area (Å²) in [5.41, 5.74) is -0.994. The molecule has 0 spiro atoms. The molecule has 1 heterocycles.